The summed E-state index contributed by atoms with van der Waals surface area (Å²) in [6, 6.07) is 5.51. The largest absolute Gasteiger partial charge is 0.382 e. The van der Waals surface area contributed by atoms with Gasteiger partial charge in [0, 0.05) is 17.8 Å². The fourth-order valence-electron chi connectivity index (χ4n) is 2.09. The Labute approximate surface area is 100.0 Å². The molecule has 88 valence electrons. The van der Waals surface area contributed by atoms with E-state index in [0.29, 0.717) is 12.1 Å². The molecular formula is C12H16ClFN2. The van der Waals surface area contributed by atoms with Crippen molar-refractivity contribution in [2.24, 2.45) is 5.73 Å². The first-order valence-electron chi connectivity index (χ1n) is 5.62. The molecule has 0 heterocycles. The molecule has 2 nitrogen and oxygen atoms in total. The molecule has 0 aromatic heterocycles. The van der Waals surface area contributed by atoms with Gasteiger partial charge in [-0.05, 0) is 43.9 Å². The van der Waals surface area contributed by atoms with Gasteiger partial charge in [0.2, 0.25) is 0 Å². The Hall–Kier alpha value is -0.800. The molecule has 1 fully saturated rings. The lowest BCUT2D eigenvalue weighted by molar-refractivity contribution is 0.411. The van der Waals surface area contributed by atoms with E-state index in [9.17, 15) is 4.39 Å². The summed E-state index contributed by atoms with van der Waals surface area (Å²) in [6.45, 7) is 0. The highest BCUT2D eigenvalue weighted by Gasteiger charge is 2.18. The van der Waals surface area contributed by atoms with Gasteiger partial charge in [-0.3, -0.25) is 0 Å². The van der Waals surface area contributed by atoms with E-state index in [-0.39, 0.29) is 10.8 Å². The first-order valence-corrected chi connectivity index (χ1v) is 6.00. The average Bonchev–Trinajstić information content (AvgIpc) is 2.27. The molecule has 0 saturated heterocycles. The van der Waals surface area contributed by atoms with Crippen LogP contribution in [-0.2, 0) is 0 Å². The van der Waals surface area contributed by atoms with Crippen molar-refractivity contribution < 1.29 is 4.39 Å². The molecular weight excluding hydrogens is 227 g/mol. The fraction of sp³-hybridized carbons (Fsp3) is 0.500. The lowest BCUT2D eigenvalue weighted by atomic mass is 9.92. The van der Waals surface area contributed by atoms with Gasteiger partial charge < -0.3 is 11.1 Å². The molecule has 1 saturated carbocycles. The van der Waals surface area contributed by atoms with Crippen molar-refractivity contribution in [3.05, 3.63) is 29.0 Å². The summed E-state index contributed by atoms with van der Waals surface area (Å²) in [7, 11) is 0. The predicted octanol–water partition coefficient (Wildman–Crippen LogP) is 3.16. The van der Waals surface area contributed by atoms with Crippen LogP contribution in [0.5, 0.6) is 0 Å². The van der Waals surface area contributed by atoms with Crippen LogP contribution in [0.15, 0.2) is 18.2 Å². The summed E-state index contributed by atoms with van der Waals surface area (Å²) < 4.78 is 13.0. The van der Waals surface area contributed by atoms with E-state index < -0.39 is 0 Å². The standard InChI is InChI=1S/C12H16ClFN2/c13-11-7-10(5-6-12(11)14)16-9-3-1-8(15)2-4-9/h5-9,16H,1-4,15H2. The maximum atomic E-state index is 13.0. The van der Waals surface area contributed by atoms with Crippen molar-refractivity contribution in [2.45, 2.75) is 37.8 Å². The first-order chi connectivity index (χ1) is 7.65. The van der Waals surface area contributed by atoms with Crippen LogP contribution in [0.4, 0.5) is 10.1 Å². The highest BCUT2D eigenvalue weighted by Crippen LogP contribution is 2.24. The molecule has 0 atom stereocenters. The van der Waals surface area contributed by atoms with Crippen LogP contribution in [0.1, 0.15) is 25.7 Å². The molecule has 0 radical (unpaired) electrons. The maximum Gasteiger partial charge on any atom is 0.141 e. The third-order valence-corrected chi connectivity index (χ3v) is 3.35. The highest BCUT2D eigenvalue weighted by atomic mass is 35.5. The molecule has 1 aromatic rings. The Morgan fingerprint density at radius 2 is 1.94 bits per heavy atom. The minimum Gasteiger partial charge on any atom is -0.382 e. The first kappa shape index (κ1) is 11.7. The predicted molar refractivity (Wildman–Crippen MR) is 65.3 cm³/mol. The normalized spacial score (nSPS) is 25.4. The molecule has 0 spiro atoms. The lowest BCUT2D eigenvalue weighted by Gasteiger charge is -2.27. The molecule has 1 aliphatic rings. The zero-order valence-electron chi connectivity index (χ0n) is 9.05. The van der Waals surface area contributed by atoms with E-state index >= 15 is 0 Å². The second-order valence-electron chi connectivity index (χ2n) is 4.38. The Morgan fingerprint density at radius 3 is 2.56 bits per heavy atom. The molecule has 1 aromatic carbocycles. The van der Waals surface area contributed by atoms with Crippen molar-refractivity contribution in [1.29, 1.82) is 0 Å². The Kier molecular flexibility index (Phi) is 3.66. The van der Waals surface area contributed by atoms with Gasteiger partial charge >= 0.3 is 0 Å². The summed E-state index contributed by atoms with van der Waals surface area (Å²) in [5.41, 5.74) is 6.72. The van der Waals surface area contributed by atoms with Crippen molar-refractivity contribution >= 4 is 17.3 Å². The van der Waals surface area contributed by atoms with Gasteiger partial charge in [0.05, 0.1) is 5.02 Å². The van der Waals surface area contributed by atoms with Crippen LogP contribution in [0.2, 0.25) is 5.02 Å². The van der Waals surface area contributed by atoms with Gasteiger partial charge in [-0.15, -0.1) is 0 Å². The van der Waals surface area contributed by atoms with E-state index in [1.165, 1.54) is 6.07 Å². The minimum absolute atomic E-state index is 0.164. The number of anilines is 1. The van der Waals surface area contributed by atoms with Gasteiger partial charge in [-0.2, -0.15) is 0 Å². The number of nitrogens with one attached hydrogen (secondary N) is 1. The smallest absolute Gasteiger partial charge is 0.141 e. The number of hydrogen-bond donors (Lipinski definition) is 2. The van der Waals surface area contributed by atoms with Gasteiger partial charge in [0.15, 0.2) is 0 Å². The SMILES string of the molecule is NC1CCC(Nc2ccc(F)c(Cl)c2)CC1. The van der Waals surface area contributed by atoms with E-state index in [0.717, 1.165) is 31.4 Å². The van der Waals surface area contributed by atoms with Gasteiger partial charge in [-0.25, -0.2) is 4.39 Å². The summed E-state index contributed by atoms with van der Waals surface area (Å²) in [5.74, 6) is -0.377. The molecule has 3 N–H and O–H groups in total. The Bertz CT molecular complexity index is 362. The van der Waals surface area contributed by atoms with E-state index in [2.05, 4.69) is 5.32 Å². The monoisotopic (exact) mass is 242 g/mol. The minimum atomic E-state index is -0.377. The molecule has 2 rings (SSSR count). The fourth-order valence-corrected chi connectivity index (χ4v) is 2.27. The second-order valence-corrected chi connectivity index (χ2v) is 4.79. The lowest BCUT2D eigenvalue weighted by Crippen LogP contribution is -2.32. The molecule has 1 aliphatic carbocycles. The number of rotatable bonds is 2. The van der Waals surface area contributed by atoms with Crippen molar-refractivity contribution in [1.82, 2.24) is 0 Å². The van der Waals surface area contributed by atoms with E-state index in [1.54, 1.807) is 12.1 Å². The number of benzene rings is 1. The van der Waals surface area contributed by atoms with Gasteiger partial charge in [0.1, 0.15) is 5.82 Å². The second kappa shape index (κ2) is 5.02. The molecule has 0 bridgehead atoms. The summed E-state index contributed by atoms with van der Waals surface area (Å²) in [4.78, 5) is 0. The summed E-state index contributed by atoms with van der Waals surface area (Å²) in [5, 5.41) is 3.53. The molecule has 16 heavy (non-hydrogen) atoms. The Morgan fingerprint density at radius 1 is 1.25 bits per heavy atom. The third-order valence-electron chi connectivity index (χ3n) is 3.06. The van der Waals surface area contributed by atoms with Crippen LogP contribution in [0, 0.1) is 5.82 Å². The molecule has 4 heteroatoms. The van der Waals surface area contributed by atoms with Crippen LogP contribution in [0.3, 0.4) is 0 Å². The van der Waals surface area contributed by atoms with Crippen LogP contribution < -0.4 is 11.1 Å². The van der Waals surface area contributed by atoms with Crippen LogP contribution >= 0.6 is 11.6 Å². The third kappa shape index (κ3) is 2.86. The zero-order valence-corrected chi connectivity index (χ0v) is 9.80. The highest BCUT2D eigenvalue weighted by molar-refractivity contribution is 6.31. The van der Waals surface area contributed by atoms with Gasteiger partial charge in [-0.1, -0.05) is 11.6 Å². The van der Waals surface area contributed by atoms with Crippen LogP contribution in [-0.4, -0.2) is 12.1 Å². The summed E-state index contributed by atoms with van der Waals surface area (Å²) >= 11 is 5.72. The zero-order chi connectivity index (χ0) is 11.5. The van der Waals surface area contributed by atoms with Crippen molar-refractivity contribution in [3.8, 4) is 0 Å². The van der Waals surface area contributed by atoms with E-state index in [1.807, 2.05) is 0 Å². The van der Waals surface area contributed by atoms with Crippen LogP contribution in [0.25, 0.3) is 0 Å². The number of hydrogen-bond acceptors (Lipinski definition) is 2. The van der Waals surface area contributed by atoms with E-state index in [4.69, 9.17) is 17.3 Å². The quantitative estimate of drug-likeness (QED) is 0.836. The number of nitrogens with two attached hydrogens (primary N) is 1. The average molecular weight is 243 g/mol. The molecule has 0 unspecified atom stereocenters. The molecule has 0 aliphatic heterocycles. The summed E-state index contributed by atoms with van der Waals surface area (Å²) in [6.07, 6.45) is 4.23. The molecule has 0 amide bonds. The maximum absolute atomic E-state index is 13.0. The van der Waals surface area contributed by atoms with Crippen molar-refractivity contribution in [3.63, 3.8) is 0 Å². The topological polar surface area (TPSA) is 38.0 Å². The number of halogens is 2. The Balaban J connectivity index is 1.96. The van der Waals surface area contributed by atoms with Gasteiger partial charge in [0.25, 0.3) is 0 Å². The van der Waals surface area contributed by atoms with Crippen molar-refractivity contribution in [2.75, 3.05) is 5.32 Å².